The summed E-state index contributed by atoms with van der Waals surface area (Å²) in [6.07, 6.45) is 8.27. The summed E-state index contributed by atoms with van der Waals surface area (Å²) in [5.74, 6) is 1.19. The number of nitrogens with one attached hydrogen (secondary N) is 2. The Morgan fingerprint density at radius 1 is 1.32 bits per heavy atom. The molecule has 2 N–H and O–H groups in total. The molecular weight excluding hydrogens is 338 g/mol. The van der Waals surface area contributed by atoms with Gasteiger partial charge in [0.25, 0.3) is 0 Å². The highest BCUT2D eigenvalue weighted by Gasteiger charge is 2.54. The normalized spacial score (nSPS) is 28.7. The van der Waals surface area contributed by atoms with Crippen LogP contribution in [0.25, 0.3) is 11.0 Å². The van der Waals surface area contributed by atoms with E-state index in [1.165, 1.54) is 0 Å². The molecule has 0 radical (unpaired) electrons. The summed E-state index contributed by atoms with van der Waals surface area (Å²) in [5.41, 5.74) is 1.18. The fourth-order valence-electron chi connectivity index (χ4n) is 4.51. The Bertz CT molecular complexity index is 864. The van der Waals surface area contributed by atoms with Gasteiger partial charge in [-0.2, -0.15) is 0 Å². The van der Waals surface area contributed by atoms with E-state index in [9.17, 15) is 8.42 Å². The maximum absolute atomic E-state index is 11.9. The van der Waals surface area contributed by atoms with Gasteiger partial charge in [-0.1, -0.05) is 6.92 Å². The van der Waals surface area contributed by atoms with Crippen LogP contribution in [-0.2, 0) is 10.0 Å². The van der Waals surface area contributed by atoms with Crippen LogP contribution in [0.15, 0.2) is 18.6 Å². The third kappa shape index (κ3) is 3.01. The molecule has 2 aromatic heterocycles. The van der Waals surface area contributed by atoms with E-state index < -0.39 is 10.0 Å². The second-order valence-electron chi connectivity index (χ2n) is 7.65. The Balaban J connectivity index is 1.35. The van der Waals surface area contributed by atoms with Crippen molar-refractivity contribution in [2.75, 3.05) is 17.7 Å². The second-order valence-corrected chi connectivity index (χ2v) is 9.53. The lowest BCUT2D eigenvalue weighted by Crippen LogP contribution is -2.61. The summed E-state index contributed by atoms with van der Waals surface area (Å²) >= 11 is 0. The van der Waals surface area contributed by atoms with Gasteiger partial charge < -0.3 is 9.88 Å². The molecule has 0 bridgehead atoms. The molecule has 2 heterocycles. The van der Waals surface area contributed by atoms with Crippen LogP contribution < -0.4 is 9.62 Å². The van der Waals surface area contributed by atoms with Gasteiger partial charge in [0.2, 0.25) is 10.0 Å². The Morgan fingerprint density at radius 3 is 2.80 bits per heavy atom. The Kier molecular flexibility index (Phi) is 3.99. The highest BCUT2D eigenvalue weighted by Crippen LogP contribution is 2.57. The number of aromatic amines is 1. The molecule has 1 spiro atoms. The smallest absolute Gasteiger partial charge is 0.211 e. The van der Waals surface area contributed by atoms with E-state index in [4.69, 9.17) is 0 Å². The number of hydrogen-bond donors (Lipinski definition) is 2. The average molecular weight is 363 g/mol. The van der Waals surface area contributed by atoms with Crippen molar-refractivity contribution in [3.63, 3.8) is 0 Å². The minimum atomic E-state index is -3.10. The zero-order valence-electron chi connectivity index (χ0n) is 14.7. The fourth-order valence-corrected chi connectivity index (χ4v) is 5.84. The first kappa shape index (κ1) is 16.8. The molecule has 2 aliphatic carbocycles. The first-order valence-corrected chi connectivity index (χ1v) is 10.6. The van der Waals surface area contributed by atoms with Gasteiger partial charge in [0.1, 0.15) is 17.8 Å². The number of anilines is 1. The second kappa shape index (κ2) is 5.95. The average Bonchev–Trinajstić information content (AvgIpc) is 2.95. The third-order valence-electron chi connectivity index (χ3n) is 5.73. The summed E-state index contributed by atoms with van der Waals surface area (Å²) < 4.78 is 26.6. The molecule has 0 atom stereocenters. The van der Waals surface area contributed by atoms with Crippen LogP contribution in [0.1, 0.15) is 39.0 Å². The van der Waals surface area contributed by atoms with E-state index in [1.807, 2.05) is 19.2 Å². The highest BCUT2D eigenvalue weighted by molar-refractivity contribution is 7.89. The van der Waals surface area contributed by atoms with E-state index >= 15 is 0 Å². The SMILES string of the molecule is CCCS(=O)(=O)NC1CC2(C1)CC(N(C)c1ncnc3[nH]ccc13)C2. The molecule has 2 aromatic rings. The molecule has 8 heteroatoms. The van der Waals surface area contributed by atoms with Gasteiger partial charge >= 0.3 is 0 Å². The van der Waals surface area contributed by atoms with E-state index in [-0.39, 0.29) is 11.8 Å². The Hall–Kier alpha value is -1.67. The quantitative estimate of drug-likeness (QED) is 0.819. The van der Waals surface area contributed by atoms with Crippen molar-refractivity contribution in [2.45, 2.75) is 51.1 Å². The Labute approximate surface area is 148 Å². The number of rotatable bonds is 6. The maximum atomic E-state index is 11.9. The molecular formula is C17H25N5O2S. The molecule has 136 valence electrons. The van der Waals surface area contributed by atoms with Crippen molar-refractivity contribution in [2.24, 2.45) is 5.41 Å². The molecule has 0 saturated heterocycles. The summed E-state index contributed by atoms with van der Waals surface area (Å²) in [6, 6.07) is 2.59. The molecule has 0 amide bonds. The molecule has 0 aromatic carbocycles. The summed E-state index contributed by atoms with van der Waals surface area (Å²) in [5, 5.41) is 1.05. The molecule has 25 heavy (non-hydrogen) atoms. The monoisotopic (exact) mass is 363 g/mol. The molecule has 0 unspecified atom stereocenters. The number of nitrogens with zero attached hydrogens (tertiary/aromatic N) is 3. The minimum absolute atomic E-state index is 0.123. The van der Waals surface area contributed by atoms with Gasteiger partial charge in [-0.25, -0.2) is 23.1 Å². The van der Waals surface area contributed by atoms with Crippen molar-refractivity contribution in [1.29, 1.82) is 0 Å². The number of aromatic nitrogens is 3. The molecule has 2 fully saturated rings. The van der Waals surface area contributed by atoms with Crippen LogP contribution in [0.5, 0.6) is 0 Å². The predicted molar refractivity (Wildman–Crippen MR) is 98.0 cm³/mol. The number of hydrogen-bond acceptors (Lipinski definition) is 5. The molecule has 2 aliphatic rings. The number of sulfonamides is 1. The number of fused-ring (bicyclic) bond motifs is 1. The van der Waals surface area contributed by atoms with Crippen LogP contribution in [0, 0.1) is 5.41 Å². The minimum Gasteiger partial charge on any atom is -0.356 e. The van der Waals surface area contributed by atoms with Crippen LogP contribution in [0.3, 0.4) is 0 Å². The molecule has 4 rings (SSSR count). The van der Waals surface area contributed by atoms with Gasteiger partial charge in [-0.05, 0) is 43.6 Å². The van der Waals surface area contributed by atoms with Gasteiger partial charge in [0, 0.05) is 25.3 Å². The van der Waals surface area contributed by atoms with E-state index in [2.05, 4.69) is 31.6 Å². The van der Waals surface area contributed by atoms with E-state index in [0.29, 0.717) is 17.9 Å². The first-order valence-electron chi connectivity index (χ1n) is 8.92. The maximum Gasteiger partial charge on any atom is 0.211 e. The van der Waals surface area contributed by atoms with Crippen LogP contribution in [0.4, 0.5) is 5.82 Å². The summed E-state index contributed by atoms with van der Waals surface area (Å²) in [4.78, 5) is 14.1. The first-order chi connectivity index (χ1) is 11.9. The zero-order valence-corrected chi connectivity index (χ0v) is 15.5. The predicted octanol–water partition coefficient (Wildman–Crippen LogP) is 2.03. The van der Waals surface area contributed by atoms with Crippen molar-refractivity contribution < 1.29 is 8.42 Å². The molecule has 7 nitrogen and oxygen atoms in total. The molecule has 0 aliphatic heterocycles. The van der Waals surface area contributed by atoms with E-state index in [1.54, 1.807) is 6.33 Å². The fraction of sp³-hybridized carbons (Fsp3) is 0.647. The van der Waals surface area contributed by atoms with Crippen molar-refractivity contribution in [3.05, 3.63) is 18.6 Å². The van der Waals surface area contributed by atoms with Crippen LogP contribution in [0.2, 0.25) is 0 Å². The lowest BCUT2D eigenvalue weighted by Gasteiger charge is -2.59. The van der Waals surface area contributed by atoms with E-state index in [0.717, 1.165) is 42.5 Å². The van der Waals surface area contributed by atoms with Crippen LogP contribution >= 0.6 is 0 Å². The number of H-pyrrole nitrogens is 1. The van der Waals surface area contributed by atoms with Gasteiger partial charge in [-0.3, -0.25) is 0 Å². The topological polar surface area (TPSA) is 91.0 Å². The summed E-state index contributed by atoms with van der Waals surface area (Å²) in [7, 11) is -1.01. The highest BCUT2D eigenvalue weighted by atomic mass is 32.2. The van der Waals surface area contributed by atoms with Crippen molar-refractivity contribution in [1.82, 2.24) is 19.7 Å². The largest absolute Gasteiger partial charge is 0.356 e. The van der Waals surface area contributed by atoms with Gasteiger partial charge in [0.05, 0.1) is 11.1 Å². The molecule has 2 saturated carbocycles. The zero-order chi connectivity index (χ0) is 17.7. The van der Waals surface area contributed by atoms with Gasteiger partial charge in [-0.15, -0.1) is 0 Å². The lowest BCUT2D eigenvalue weighted by atomic mass is 9.52. The summed E-state index contributed by atoms with van der Waals surface area (Å²) in [6.45, 7) is 1.89. The van der Waals surface area contributed by atoms with Gasteiger partial charge in [0.15, 0.2) is 0 Å². The van der Waals surface area contributed by atoms with Crippen molar-refractivity contribution >= 4 is 26.9 Å². The Morgan fingerprint density at radius 2 is 2.08 bits per heavy atom. The lowest BCUT2D eigenvalue weighted by molar-refractivity contribution is -0.0120. The third-order valence-corrected chi connectivity index (χ3v) is 7.37. The van der Waals surface area contributed by atoms with Crippen molar-refractivity contribution in [3.8, 4) is 0 Å². The standard InChI is InChI=1S/C17H25N5O2S/c1-3-6-25(23,24)21-12-7-17(8-12)9-13(10-17)22(2)16-14-4-5-18-15(14)19-11-20-16/h4-5,11-13,21H,3,6-10H2,1-2H3,(H,18,19,20). The van der Waals surface area contributed by atoms with Crippen LogP contribution in [-0.4, -0.2) is 48.3 Å².